The molecule has 0 atom stereocenters. The van der Waals surface area contributed by atoms with Gasteiger partial charge in [0.25, 0.3) is 0 Å². The number of hydrogen-bond donors (Lipinski definition) is 1. The summed E-state index contributed by atoms with van der Waals surface area (Å²) in [5, 5.41) is 4.64. The first-order chi connectivity index (χ1) is 12.5. The van der Waals surface area contributed by atoms with Crippen LogP contribution in [-0.2, 0) is 4.74 Å². The molecule has 0 radical (unpaired) electrons. The number of nitrogens with two attached hydrogens (primary N) is 1. The third-order valence-electron chi connectivity index (χ3n) is 3.59. The topological polar surface area (TPSA) is 78.8 Å². The molecule has 0 saturated heterocycles. The van der Waals surface area contributed by atoms with Gasteiger partial charge in [-0.05, 0) is 31.5 Å². The lowest BCUT2D eigenvalue weighted by molar-refractivity contribution is 0.0525. The van der Waals surface area contributed by atoms with Gasteiger partial charge in [0.2, 0.25) is 0 Å². The maximum Gasteiger partial charge on any atom is 0.340 e. The minimum Gasteiger partial charge on any atom is -0.462 e. The van der Waals surface area contributed by atoms with E-state index in [0.29, 0.717) is 39.9 Å². The lowest BCUT2D eigenvalue weighted by atomic mass is 10.2. The van der Waals surface area contributed by atoms with Gasteiger partial charge < -0.3 is 15.2 Å². The standard InChI is InChI=1S/C17H16ClN3O3.C2H6/c1-3-23-17(22)12-9-21-16(10(12)2)15(6-7-20-21)24-11-4-5-14(19)13(18)8-11;1-2/h4-9H,3,19H2,1-2H3;1-2H3. The van der Waals surface area contributed by atoms with Gasteiger partial charge in [0.05, 0.1) is 29.1 Å². The highest BCUT2D eigenvalue weighted by molar-refractivity contribution is 6.33. The summed E-state index contributed by atoms with van der Waals surface area (Å²) >= 11 is 6.03. The SMILES string of the molecule is CC.CCOC(=O)c1cn2nccc(Oc3ccc(N)c(Cl)c3)c2c1C. The molecule has 7 heteroatoms. The molecule has 2 heterocycles. The van der Waals surface area contributed by atoms with Crippen LogP contribution in [0.1, 0.15) is 36.7 Å². The molecular weight excluding hydrogens is 354 g/mol. The molecule has 0 aliphatic rings. The van der Waals surface area contributed by atoms with Gasteiger partial charge in [-0.15, -0.1) is 0 Å². The number of nitrogen functional groups attached to an aromatic ring is 1. The molecule has 2 N–H and O–H groups in total. The molecule has 26 heavy (non-hydrogen) atoms. The van der Waals surface area contributed by atoms with Crippen molar-refractivity contribution in [3.63, 3.8) is 0 Å². The molecule has 0 saturated carbocycles. The molecule has 138 valence electrons. The quantitative estimate of drug-likeness (QED) is 0.519. The van der Waals surface area contributed by atoms with E-state index in [4.69, 9.17) is 26.8 Å². The van der Waals surface area contributed by atoms with E-state index >= 15 is 0 Å². The molecule has 3 aromatic rings. The average Bonchev–Trinajstić information content (AvgIpc) is 2.98. The molecule has 0 aliphatic carbocycles. The van der Waals surface area contributed by atoms with Gasteiger partial charge >= 0.3 is 5.97 Å². The van der Waals surface area contributed by atoms with E-state index in [1.807, 2.05) is 20.8 Å². The highest BCUT2D eigenvalue weighted by atomic mass is 35.5. The van der Waals surface area contributed by atoms with Crippen LogP contribution in [0.2, 0.25) is 5.02 Å². The summed E-state index contributed by atoms with van der Waals surface area (Å²) in [5.74, 6) is 0.710. The number of rotatable bonds is 4. The predicted molar refractivity (Wildman–Crippen MR) is 103 cm³/mol. The van der Waals surface area contributed by atoms with Crippen molar-refractivity contribution >= 4 is 28.8 Å². The van der Waals surface area contributed by atoms with Crippen molar-refractivity contribution in [2.45, 2.75) is 27.7 Å². The third kappa shape index (κ3) is 3.91. The largest absolute Gasteiger partial charge is 0.462 e. The summed E-state index contributed by atoms with van der Waals surface area (Å²) in [6, 6.07) is 6.76. The van der Waals surface area contributed by atoms with Gasteiger partial charge in [0, 0.05) is 18.3 Å². The second kappa shape index (κ2) is 8.58. The zero-order valence-electron chi connectivity index (χ0n) is 15.2. The number of anilines is 1. The molecule has 6 nitrogen and oxygen atoms in total. The fraction of sp³-hybridized carbons (Fsp3) is 0.263. The van der Waals surface area contributed by atoms with Crippen LogP contribution < -0.4 is 10.5 Å². The number of fused-ring (bicyclic) bond motifs is 1. The lowest BCUT2D eigenvalue weighted by Crippen LogP contribution is -2.04. The van der Waals surface area contributed by atoms with E-state index in [9.17, 15) is 4.79 Å². The van der Waals surface area contributed by atoms with Crippen molar-refractivity contribution in [1.29, 1.82) is 0 Å². The van der Waals surface area contributed by atoms with Crippen LogP contribution in [0.4, 0.5) is 5.69 Å². The van der Waals surface area contributed by atoms with Crippen molar-refractivity contribution in [1.82, 2.24) is 9.61 Å². The maximum atomic E-state index is 12.1. The summed E-state index contributed by atoms with van der Waals surface area (Å²) in [6.45, 7) is 7.90. The van der Waals surface area contributed by atoms with E-state index < -0.39 is 0 Å². The Morgan fingerprint density at radius 1 is 1.31 bits per heavy atom. The monoisotopic (exact) mass is 375 g/mol. The zero-order valence-corrected chi connectivity index (χ0v) is 16.0. The third-order valence-corrected chi connectivity index (χ3v) is 3.91. The normalized spacial score (nSPS) is 10.2. The number of carbonyl (C=O) groups excluding carboxylic acids is 1. The Bertz CT molecular complexity index is 922. The van der Waals surface area contributed by atoms with Crippen LogP contribution >= 0.6 is 11.6 Å². The number of aromatic nitrogens is 2. The van der Waals surface area contributed by atoms with Gasteiger partial charge in [-0.3, -0.25) is 0 Å². The van der Waals surface area contributed by atoms with Crippen molar-refractivity contribution in [3.05, 3.63) is 52.8 Å². The number of ether oxygens (including phenoxy) is 2. The number of halogens is 1. The van der Waals surface area contributed by atoms with Gasteiger partial charge in [-0.2, -0.15) is 5.10 Å². The van der Waals surface area contributed by atoms with Gasteiger partial charge in [0.1, 0.15) is 11.3 Å². The highest BCUT2D eigenvalue weighted by Crippen LogP contribution is 2.32. The Kier molecular flexibility index (Phi) is 6.46. The Morgan fingerprint density at radius 2 is 2.04 bits per heavy atom. The summed E-state index contributed by atoms with van der Waals surface area (Å²) in [4.78, 5) is 12.1. The first-order valence-electron chi connectivity index (χ1n) is 8.38. The summed E-state index contributed by atoms with van der Waals surface area (Å²) in [7, 11) is 0. The molecule has 3 rings (SSSR count). The molecule has 0 bridgehead atoms. The molecule has 2 aromatic heterocycles. The fourth-order valence-corrected chi connectivity index (χ4v) is 2.59. The minimum atomic E-state index is -0.387. The number of esters is 1. The van der Waals surface area contributed by atoms with Crippen LogP contribution in [0, 0.1) is 6.92 Å². The number of nitrogens with zero attached hydrogens (tertiary/aromatic N) is 2. The molecule has 0 aliphatic heterocycles. The van der Waals surface area contributed by atoms with Crippen LogP contribution in [0.15, 0.2) is 36.7 Å². The Labute approximate surface area is 157 Å². The first-order valence-corrected chi connectivity index (χ1v) is 8.76. The number of carbonyl (C=O) groups is 1. The van der Waals surface area contributed by atoms with Crippen molar-refractivity contribution in [2.24, 2.45) is 0 Å². The van der Waals surface area contributed by atoms with Crippen molar-refractivity contribution < 1.29 is 14.3 Å². The Morgan fingerprint density at radius 3 is 2.69 bits per heavy atom. The number of benzene rings is 1. The lowest BCUT2D eigenvalue weighted by Gasteiger charge is -2.09. The second-order valence-corrected chi connectivity index (χ2v) is 5.57. The van der Waals surface area contributed by atoms with E-state index in [0.717, 1.165) is 5.56 Å². The van der Waals surface area contributed by atoms with Crippen LogP contribution in [-0.4, -0.2) is 22.2 Å². The number of aryl methyl sites for hydroxylation is 1. The van der Waals surface area contributed by atoms with Crippen molar-refractivity contribution in [3.8, 4) is 11.5 Å². The van der Waals surface area contributed by atoms with E-state index in [-0.39, 0.29) is 5.97 Å². The maximum absolute atomic E-state index is 12.1. The Balaban J connectivity index is 0.00000117. The Hall–Kier alpha value is -2.73. The predicted octanol–water partition coefficient (Wildman–Crippen LogP) is 4.87. The molecule has 0 fully saturated rings. The van der Waals surface area contributed by atoms with Crippen molar-refractivity contribution in [2.75, 3.05) is 12.3 Å². The second-order valence-electron chi connectivity index (χ2n) is 5.16. The highest BCUT2D eigenvalue weighted by Gasteiger charge is 2.19. The van der Waals surface area contributed by atoms with Gasteiger partial charge in [0.15, 0.2) is 5.75 Å². The van der Waals surface area contributed by atoms with E-state index in [2.05, 4.69) is 5.10 Å². The average molecular weight is 376 g/mol. The van der Waals surface area contributed by atoms with Crippen LogP contribution in [0.25, 0.3) is 5.52 Å². The van der Waals surface area contributed by atoms with Crippen LogP contribution in [0.3, 0.4) is 0 Å². The van der Waals surface area contributed by atoms with E-state index in [1.54, 1.807) is 48.1 Å². The smallest absolute Gasteiger partial charge is 0.340 e. The zero-order chi connectivity index (χ0) is 19.3. The van der Waals surface area contributed by atoms with Gasteiger partial charge in [-0.25, -0.2) is 9.31 Å². The molecule has 1 aromatic carbocycles. The van der Waals surface area contributed by atoms with Gasteiger partial charge in [-0.1, -0.05) is 25.4 Å². The van der Waals surface area contributed by atoms with Crippen LogP contribution in [0.5, 0.6) is 11.5 Å². The molecular formula is C19H22ClN3O3. The summed E-state index contributed by atoms with van der Waals surface area (Å²) in [5.41, 5.74) is 8.07. The van der Waals surface area contributed by atoms with E-state index in [1.165, 1.54) is 0 Å². The minimum absolute atomic E-state index is 0.311. The first kappa shape index (κ1) is 19.6. The molecule has 0 spiro atoms. The summed E-state index contributed by atoms with van der Waals surface area (Å²) in [6.07, 6.45) is 3.22. The fourth-order valence-electron chi connectivity index (χ4n) is 2.42. The molecule has 0 unspecified atom stereocenters. The number of hydrogen-bond acceptors (Lipinski definition) is 5. The summed E-state index contributed by atoms with van der Waals surface area (Å²) < 4.78 is 12.6. The molecule has 0 amide bonds.